The lowest BCUT2D eigenvalue weighted by Gasteiger charge is -2.17. The highest BCUT2D eigenvalue weighted by atomic mass is 35.5. The fourth-order valence-electron chi connectivity index (χ4n) is 1.34. The molecular formula is C11H14Cl2N4O3. The number of methoxy groups -OCH3 is 1. The van der Waals surface area contributed by atoms with E-state index in [2.05, 4.69) is 15.5 Å². The van der Waals surface area contributed by atoms with Crippen LogP contribution < -0.4 is 5.32 Å². The van der Waals surface area contributed by atoms with Crippen LogP contribution in [0.2, 0.25) is 10.3 Å². The molecule has 110 valence electrons. The summed E-state index contributed by atoms with van der Waals surface area (Å²) in [6.07, 6.45) is 0. The molecule has 1 aromatic rings. The van der Waals surface area contributed by atoms with E-state index < -0.39 is 5.91 Å². The molecule has 0 saturated heterocycles. The van der Waals surface area contributed by atoms with E-state index in [4.69, 9.17) is 27.9 Å². The van der Waals surface area contributed by atoms with Crippen molar-refractivity contribution in [1.82, 2.24) is 20.4 Å². The molecule has 0 aliphatic carbocycles. The number of amides is 2. The zero-order valence-electron chi connectivity index (χ0n) is 11.0. The minimum Gasteiger partial charge on any atom is -0.383 e. The number of likely N-dealkylation sites (N-methyl/N-ethyl adjacent to an activating group) is 1. The van der Waals surface area contributed by atoms with Crippen LogP contribution in [0.5, 0.6) is 0 Å². The molecule has 0 aliphatic rings. The second-order valence-electron chi connectivity index (χ2n) is 3.88. The van der Waals surface area contributed by atoms with Gasteiger partial charge >= 0.3 is 0 Å². The van der Waals surface area contributed by atoms with Gasteiger partial charge in [0, 0.05) is 20.7 Å². The smallest absolute Gasteiger partial charge is 0.257 e. The van der Waals surface area contributed by atoms with Gasteiger partial charge in [-0.25, -0.2) is 0 Å². The van der Waals surface area contributed by atoms with Crippen molar-refractivity contribution in [3.8, 4) is 0 Å². The van der Waals surface area contributed by atoms with E-state index in [9.17, 15) is 9.59 Å². The van der Waals surface area contributed by atoms with E-state index in [1.807, 2.05) is 0 Å². The summed E-state index contributed by atoms with van der Waals surface area (Å²) in [5.41, 5.74) is 0.0962. The first-order valence-corrected chi connectivity index (χ1v) is 6.41. The lowest BCUT2D eigenvalue weighted by molar-refractivity contribution is -0.121. The number of nitrogens with one attached hydrogen (secondary N) is 1. The van der Waals surface area contributed by atoms with Crippen LogP contribution in [-0.2, 0) is 9.53 Å². The van der Waals surface area contributed by atoms with Gasteiger partial charge in [-0.1, -0.05) is 23.2 Å². The van der Waals surface area contributed by atoms with Crippen LogP contribution in [0.15, 0.2) is 6.07 Å². The van der Waals surface area contributed by atoms with Gasteiger partial charge in [-0.3, -0.25) is 9.59 Å². The van der Waals surface area contributed by atoms with Gasteiger partial charge < -0.3 is 15.0 Å². The molecule has 0 aliphatic heterocycles. The fraction of sp³-hybridized carbons (Fsp3) is 0.455. The fourth-order valence-corrected chi connectivity index (χ4v) is 1.66. The third kappa shape index (κ3) is 4.92. The summed E-state index contributed by atoms with van der Waals surface area (Å²) >= 11 is 11.4. The Kier molecular flexibility index (Phi) is 6.63. The highest BCUT2D eigenvalue weighted by Gasteiger charge is 2.19. The van der Waals surface area contributed by atoms with Gasteiger partial charge in [0.05, 0.1) is 18.7 Å². The van der Waals surface area contributed by atoms with Gasteiger partial charge in [0.15, 0.2) is 10.3 Å². The number of hydrogen-bond acceptors (Lipinski definition) is 5. The van der Waals surface area contributed by atoms with E-state index in [0.29, 0.717) is 13.2 Å². The number of hydrogen-bond donors (Lipinski definition) is 1. The molecule has 20 heavy (non-hydrogen) atoms. The number of rotatable bonds is 6. The molecule has 1 heterocycles. The standard InChI is InChI=1S/C11H14Cl2N4O3/c1-17(6-9(18)14-3-4-20-2)11(19)7-5-8(12)15-16-10(7)13/h5H,3-4,6H2,1-2H3,(H,14,18). The summed E-state index contributed by atoms with van der Waals surface area (Å²) in [5, 5.41) is 9.64. The topological polar surface area (TPSA) is 84.4 Å². The highest BCUT2D eigenvalue weighted by molar-refractivity contribution is 6.34. The number of ether oxygens (including phenoxy) is 1. The molecule has 0 bridgehead atoms. The Morgan fingerprint density at radius 3 is 2.75 bits per heavy atom. The van der Waals surface area contributed by atoms with Gasteiger partial charge in [0.2, 0.25) is 5.91 Å². The number of aromatic nitrogens is 2. The second kappa shape index (κ2) is 7.98. The molecule has 0 fully saturated rings. The first-order valence-electron chi connectivity index (χ1n) is 5.65. The van der Waals surface area contributed by atoms with E-state index in [1.54, 1.807) is 0 Å². The third-order valence-corrected chi connectivity index (χ3v) is 2.77. The van der Waals surface area contributed by atoms with Crippen molar-refractivity contribution in [2.75, 3.05) is 33.9 Å². The van der Waals surface area contributed by atoms with Crippen molar-refractivity contribution in [3.05, 3.63) is 21.9 Å². The molecular weight excluding hydrogens is 307 g/mol. The van der Waals surface area contributed by atoms with Crippen molar-refractivity contribution in [1.29, 1.82) is 0 Å². The monoisotopic (exact) mass is 320 g/mol. The quantitative estimate of drug-likeness (QED) is 0.777. The number of nitrogens with zero attached hydrogens (tertiary/aromatic N) is 3. The summed E-state index contributed by atoms with van der Waals surface area (Å²) < 4.78 is 4.80. The zero-order chi connectivity index (χ0) is 15.1. The minimum atomic E-state index is -0.464. The Hall–Kier alpha value is -1.44. The van der Waals surface area contributed by atoms with Crippen molar-refractivity contribution in [3.63, 3.8) is 0 Å². The molecule has 1 aromatic heterocycles. The number of carbonyl (C=O) groups is 2. The largest absolute Gasteiger partial charge is 0.383 e. The zero-order valence-corrected chi connectivity index (χ0v) is 12.5. The van der Waals surface area contributed by atoms with E-state index in [0.717, 1.165) is 0 Å². The van der Waals surface area contributed by atoms with Gasteiger partial charge in [-0.15, -0.1) is 10.2 Å². The molecule has 0 saturated carbocycles. The minimum absolute atomic E-state index is 0.0516. The summed E-state index contributed by atoms with van der Waals surface area (Å²) in [7, 11) is 3.01. The summed E-state index contributed by atoms with van der Waals surface area (Å²) in [5.74, 6) is -0.768. The van der Waals surface area contributed by atoms with Crippen molar-refractivity contribution < 1.29 is 14.3 Å². The Bertz CT molecular complexity index is 499. The van der Waals surface area contributed by atoms with Crippen LogP contribution in [0.1, 0.15) is 10.4 Å². The molecule has 0 radical (unpaired) electrons. The molecule has 0 spiro atoms. The van der Waals surface area contributed by atoms with Crippen LogP contribution in [0, 0.1) is 0 Å². The molecule has 1 rings (SSSR count). The van der Waals surface area contributed by atoms with Crippen molar-refractivity contribution in [2.24, 2.45) is 0 Å². The first kappa shape index (κ1) is 16.6. The van der Waals surface area contributed by atoms with E-state index in [1.165, 1.54) is 25.1 Å². The molecule has 2 amide bonds. The van der Waals surface area contributed by atoms with E-state index in [-0.39, 0.29) is 28.3 Å². The average Bonchev–Trinajstić information content (AvgIpc) is 2.41. The predicted octanol–water partition coefficient (Wildman–Crippen LogP) is 0.618. The predicted molar refractivity (Wildman–Crippen MR) is 73.9 cm³/mol. The van der Waals surface area contributed by atoms with Crippen LogP contribution in [-0.4, -0.2) is 60.8 Å². The maximum absolute atomic E-state index is 12.1. The second-order valence-corrected chi connectivity index (χ2v) is 4.62. The Labute approximate surface area is 126 Å². The maximum Gasteiger partial charge on any atom is 0.257 e. The Balaban J connectivity index is 2.62. The number of halogens is 2. The molecule has 9 heteroatoms. The normalized spacial score (nSPS) is 10.2. The maximum atomic E-state index is 12.1. The molecule has 0 unspecified atom stereocenters. The summed E-state index contributed by atoms with van der Waals surface area (Å²) in [4.78, 5) is 24.9. The molecule has 1 N–H and O–H groups in total. The van der Waals surface area contributed by atoms with Crippen LogP contribution in [0.3, 0.4) is 0 Å². The Morgan fingerprint density at radius 2 is 2.10 bits per heavy atom. The van der Waals surface area contributed by atoms with Gasteiger partial charge in [-0.2, -0.15) is 0 Å². The highest BCUT2D eigenvalue weighted by Crippen LogP contribution is 2.16. The lowest BCUT2D eigenvalue weighted by Crippen LogP contribution is -2.39. The molecule has 7 nitrogen and oxygen atoms in total. The molecule has 0 aromatic carbocycles. The van der Waals surface area contributed by atoms with Crippen LogP contribution >= 0.6 is 23.2 Å². The third-order valence-electron chi connectivity index (χ3n) is 2.31. The summed E-state index contributed by atoms with van der Waals surface area (Å²) in [6.45, 7) is 0.665. The lowest BCUT2D eigenvalue weighted by atomic mass is 10.2. The van der Waals surface area contributed by atoms with Crippen LogP contribution in [0.4, 0.5) is 0 Å². The SMILES string of the molecule is COCCNC(=O)CN(C)C(=O)c1cc(Cl)nnc1Cl. The molecule has 0 atom stereocenters. The van der Waals surface area contributed by atoms with Crippen molar-refractivity contribution in [2.45, 2.75) is 0 Å². The summed E-state index contributed by atoms with van der Waals surface area (Å²) in [6, 6.07) is 1.30. The van der Waals surface area contributed by atoms with E-state index >= 15 is 0 Å². The first-order chi connectivity index (χ1) is 9.45. The van der Waals surface area contributed by atoms with Gasteiger partial charge in [0.1, 0.15) is 0 Å². The van der Waals surface area contributed by atoms with Gasteiger partial charge in [0.25, 0.3) is 5.91 Å². The van der Waals surface area contributed by atoms with Crippen molar-refractivity contribution >= 4 is 35.0 Å². The Morgan fingerprint density at radius 1 is 1.40 bits per heavy atom. The van der Waals surface area contributed by atoms with Crippen LogP contribution in [0.25, 0.3) is 0 Å². The number of carbonyl (C=O) groups excluding carboxylic acids is 2. The van der Waals surface area contributed by atoms with Gasteiger partial charge in [-0.05, 0) is 6.07 Å². The average molecular weight is 321 g/mol.